The van der Waals surface area contributed by atoms with E-state index in [1.165, 1.54) is 0 Å². The molecule has 84 valence electrons. The number of ketones is 1. The second-order valence-electron chi connectivity index (χ2n) is 3.49. The van der Waals surface area contributed by atoms with E-state index in [1.807, 2.05) is 29.9 Å². The molecule has 0 aliphatic heterocycles. The van der Waals surface area contributed by atoms with E-state index in [0.717, 1.165) is 16.5 Å². The fourth-order valence-corrected chi connectivity index (χ4v) is 2.63. The van der Waals surface area contributed by atoms with Crippen molar-refractivity contribution in [2.45, 2.75) is 13.8 Å². The maximum Gasteiger partial charge on any atom is 0.193 e. The highest BCUT2D eigenvalue weighted by Gasteiger charge is 2.16. The third-order valence-corrected chi connectivity index (χ3v) is 3.46. The second kappa shape index (κ2) is 4.39. The van der Waals surface area contributed by atoms with Gasteiger partial charge >= 0.3 is 0 Å². The Hall–Kier alpha value is -1.13. The smallest absolute Gasteiger partial charge is 0.193 e. The number of aromatic nitrogens is 2. The van der Waals surface area contributed by atoms with Crippen molar-refractivity contribution in [1.82, 2.24) is 9.55 Å². The Morgan fingerprint density at radius 2 is 2.31 bits per heavy atom. The lowest BCUT2D eigenvalue weighted by Crippen LogP contribution is -2.03. The van der Waals surface area contributed by atoms with Crippen molar-refractivity contribution in [2.24, 2.45) is 0 Å². The van der Waals surface area contributed by atoms with E-state index in [2.05, 4.69) is 4.98 Å². The molecular weight excluding hydrogens is 244 g/mol. The Bertz CT molecular complexity index is 516. The lowest BCUT2D eigenvalue weighted by Gasteiger charge is -2.04. The molecule has 0 N–H and O–H groups in total. The third kappa shape index (κ3) is 1.79. The van der Waals surface area contributed by atoms with Crippen LogP contribution in [0.1, 0.15) is 21.7 Å². The van der Waals surface area contributed by atoms with E-state index in [-0.39, 0.29) is 11.7 Å². The number of hydrogen-bond acceptors (Lipinski definition) is 3. The van der Waals surface area contributed by atoms with E-state index in [0.29, 0.717) is 5.56 Å². The molecule has 0 amide bonds. The molecule has 2 rings (SSSR count). The van der Waals surface area contributed by atoms with Crippen LogP contribution in [0.5, 0.6) is 0 Å². The Morgan fingerprint density at radius 3 is 2.88 bits per heavy atom. The van der Waals surface area contributed by atoms with Crippen molar-refractivity contribution in [3.63, 3.8) is 0 Å². The number of carbonyl (C=O) groups is 1. The van der Waals surface area contributed by atoms with E-state index in [1.54, 1.807) is 17.5 Å². The summed E-state index contributed by atoms with van der Waals surface area (Å²) in [6.45, 7) is 3.87. The maximum atomic E-state index is 11.6. The number of nitrogens with zero attached hydrogens (tertiary/aromatic N) is 2. The summed E-state index contributed by atoms with van der Waals surface area (Å²) in [4.78, 5) is 15.9. The third-order valence-electron chi connectivity index (χ3n) is 2.46. The van der Waals surface area contributed by atoms with Crippen LogP contribution in [0.25, 0.3) is 5.13 Å². The molecule has 0 unspecified atom stereocenters. The molecule has 2 aromatic heterocycles. The highest BCUT2D eigenvalue weighted by atomic mass is 35.5. The van der Waals surface area contributed by atoms with Gasteiger partial charge in [-0.05, 0) is 19.9 Å². The summed E-state index contributed by atoms with van der Waals surface area (Å²) in [7, 11) is 0. The number of alkyl halides is 1. The van der Waals surface area contributed by atoms with Gasteiger partial charge in [-0.15, -0.1) is 22.9 Å². The standard InChI is InChI=1S/C11H11ClN2OS/c1-7-5-9(10(15)6-12)8(2)14(7)11-13-3-4-16-11/h3-5H,6H2,1-2H3. The fourth-order valence-electron chi connectivity index (χ4n) is 1.74. The van der Waals surface area contributed by atoms with Crippen LogP contribution in [0, 0.1) is 13.8 Å². The monoisotopic (exact) mass is 254 g/mol. The van der Waals surface area contributed by atoms with Crippen LogP contribution in [0.3, 0.4) is 0 Å². The SMILES string of the molecule is Cc1cc(C(=O)CCl)c(C)n1-c1nccs1. The summed E-state index contributed by atoms with van der Waals surface area (Å²) in [5.74, 6) is -0.0279. The zero-order valence-corrected chi connectivity index (χ0v) is 10.6. The summed E-state index contributed by atoms with van der Waals surface area (Å²) in [6.07, 6.45) is 1.75. The number of carbonyl (C=O) groups excluding carboxylic acids is 1. The predicted molar refractivity (Wildman–Crippen MR) is 66.0 cm³/mol. The number of aryl methyl sites for hydroxylation is 1. The van der Waals surface area contributed by atoms with E-state index >= 15 is 0 Å². The van der Waals surface area contributed by atoms with Crippen LogP contribution in [-0.4, -0.2) is 21.2 Å². The highest BCUT2D eigenvalue weighted by molar-refractivity contribution is 7.12. The highest BCUT2D eigenvalue weighted by Crippen LogP contribution is 2.22. The average Bonchev–Trinajstić information content (AvgIpc) is 2.86. The zero-order chi connectivity index (χ0) is 11.7. The first kappa shape index (κ1) is 11.4. The van der Waals surface area contributed by atoms with Gasteiger partial charge in [0.05, 0.1) is 5.88 Å². The lowest BCUT2D eigenvalue weighted by atomic mass is 10.2. The van der Waals surface area contributed by atoms with Crippen molar-refractivity contribution in [2.75, 3.05) is 5.88 Å². The summed E-state index contributed by atoms with van der Waals surface area (Å²) in [5.41, 5.74) is 2.58. The van der Waals surface area contributed by atoms with Gasteiger partial charge in [-0.3, -0.25) is 9.36 Å². The molecule has 0 radical (unpaired) electrons. The molecule has 2 aromatic rings. The summed E-state index contributed by atoms with van der Waals surface area (Å²) in [6, 6.07) is 1.86. The first-order valence-corrected chi connectivity index (χ1v) is 6.24. The lowest BCUT2D eigenvalue weighted by molar-refractivity contribution is 0.102. The average molecular weight is 255 g/mol. The van der Waals surface area contributed by atoms with Crippen LogP contribution in [0.4, 0.5) is 0 Å². The Kier molecular flexibility index (Phi) is 3.12. The van der Waals surface area contributed by atoms with Crippen molar-refractivity contribution < 1.29 is 4.79 Å². The molecule has 0 saturated carbocycles. The van der Waals surface area contributed by atoms with Crippen LogP contribution < -0.4 is 0 Å². The minimum atomic E-state index is -0.0439. The molecule has 3 nitrogen and oxygen atoms in total. The first-order chi connectivity index (χ1) is 7.65. The Morgan fingerprint density at radius 1 is 1.56 bits per heavy atom. The number of Topliss-reactive ketones (excluding diaryl/α,β-unsaturated/α-hetero) is 1. The zero-order valence-electron chi connectivity index (χ0n) is 9.03. The molecule has 0 aliphatic rings. The quantitative estimate of drug-likeness (QED) is 0.624. The molecule has 0 atom stereocenters. The van der Waals surface area contributed by atoms with Crippen molar-refractivity contribution in [3.8, 4) is 5.13 Å². The molecule has 5 heteroatoms. The van der Waals surface area contributed by atoms with E-state index in [4.69, 9.17) is 11.6 Å². The fraction of sp³-hybridized carbons (Fsp3) is 0.273. The van der Waals surface area contributed by atoms with Gasteiger partial charge in [0.1, 0.15) is 0 Å². The number of halogens is 1. The molecule has 0 bridgehead atoms. The van der Waals surface area contributed by atoms with Gasteiger partial charge in [-0.2, -0.15) is 0 Å². The van der Waals surface area contributed by atoms with Gasteiger partial charge in [0.15, 0.2) is 10.9 Å². The van der Waals surface area contributed by atoms with Crippen molar-refractivity contribution >= 4 is 28.7 Å². The summed E-state index contributed by atoms with van der Waals surface area (Å²) in [5, 5.41) is 2.79. The second-order valence-corrected chi connectivity index (χ2v) is 4.63. The molecule has 0 saturated heterocycles. The molecular formula is C11H11ClN2OS. The van der Waals surface area contributed by atoms with Crippen LogP contribution in [0.15, 0.2) is 17.6 Å². The van der Waals surface area contributed by atoms with E-state index < -0.39 is 0 Å². The molecule has 0 fully saturated rings. The Labute approximate surface area is 103 Å². The first-order valence-electron chi connectivity index (χ1n) is 4.83. The van der Waals surface area contributed by atoms with Crippen LogP contribution in [0.2, 0.25) is 0 Å². The molecule has 0 spiro atoms. The summed E-state index contributed by atoms with van der Waals surface area (Å²) < 4.78 is 1.98. The Balaban J connectivity index is 2.56. The van der Waals surface area contributed by atoms with Crippen molar-refractivity contribution in [3.05, 3.63) is 34.6 Å². The molecule has 2 heterocycles. The number of hydrogen-bond donors (Lipinski definition) is 0. The van der Waals surface area contributed by atoms with Gasteiger partial charge in [0.2, 0.25) is 0 Å². The normalized spacial score (nSPS) is 10.7. The predicted octanol–water partition coefficient (Wildman–Crippen LogP) is 2.97. The number of thiazole rings is 1. The van der Waals surface area contributed by atoms with Gasteiger partial charge in [-0.1, -0.05) is 0 Å². The van der Waals surface area contributed by atoms with E-state index in [9.17, 15) is 4.79 Å². The molecule has 16 heavy (non-hydrogen) atoms. The summed E-state index contributed by atoms with van der Waals surface area (Å²) >= 11 is 7.12. The van der Waals surface area contributed by atoms with Gasteiger partial charge in [0, 0.05) is 28.5 Å². The molecule has 0 aliphatic carbocycles. The largest absolute Gasteiger partial charge is 0.294 e. The van der Waals surface area contributed by atoms with Gasteiger partial charge < -0.3 is 0 Å². The minimum Gasteiger partial charge on any atom is -0.294 e. The van der Waals surface area contributed by atoms with Gasteiger partial charge in [-0.25, -0.2) is 4.98 Å². The minimum absolute atomic E-state index is 0.0160. The maximum absolute atomic E-state index is 11.6. The van der Waals surface area contributed by atoms with Crippen LogP contribution >= 0.6 is 22.9 Å². The topological polar surface area (TPSA) is 34.9 Å². The van der Waals surface area contributed by atoms with Crippen molar-refractivity contribution in [1.29, 1.82) is 0 Å². The van der Waals surface area contributed by atoms with Gasteiger partial charge in [0.25, 0.3) is 0 Å². The molecule has 0 aromatic carbocycles. The van der Waals surface area contributed by atoms with Crippen LogP contribution in [-0.2, 0) is 0 Å². The number of rotatable bonds is 3.